The van der Waals surface area contributed by atoms with Crippen LogP contribution in [-0.4, -0.2) is 60.0 Å². The second-order valence-corrected chi connectivity index (χ2v) is 8.62. The largest absolute Gasteiger partial charge is 0.438 e. The highest BCUT2D eigenvalue weighted by molar-refractivity contribution is 7.89. The first kappa shape index (κ1) is 18.1. The van der Waals surface area contributed by atoms with E-state index in [1.807, 2.05) is 13.8 Å². The number of nitrogens with zero attached hydrogens (tertiary/aromatic N) is 4. The minimum atomic E-state index is -3.66. The summed E-state index contributed by atoms with van der Waals surface area (Å²) in [6, 6.07) is 3.40. The van der Waals surface area contributed by atoms with E-state index in [0.717, 1.165) is 0 Å². The van der Waals surface area contributed by atoms with Gasteiger partial charge in [-0.2, -0.15) is 4.31 Å². The van der Waals surface area contributed by atoms with Gasteiger partial charge in [0.2, 0.25) is 11.0 Å². The standard InChI is InChI=1S/C16H24N4O4S/c1-11(2)15-17-18-16(24-15)13-5-6-14(23-13)25(21,22)20-9-7-19(8-10-20)12(3)4/h5-6,11-12H,7-10H2,1-4H3. The lowest BCUT2D eigenvalue weighted by Gasteiger charge is -2.35. The number of rotatable bonds is 5. The van der Waals surface area contributed by atoms with Gasteiger partial charge < -0.3 is 8.83 Å². The van der Waals surface area contributed by atoms with E-state index in [2.05, 4.69) is 28.9 Å². The highest BCUT2D eigenvalue weighted by atomic mass is 32.2. The van der Waals surface area contributed by atoms with E-state index >= 15 is 0 Å². The molecule has 0 N–H and O–H groups in total. The minimum Gasteiger partial charge on any atom is -0.438 e. The molecule has 0 saturated carbocycles. The summed E-state index contributed by atoms with van der Waals surface area (Å²) in [5.74, 6) is 1.03. The summed E-state index contributed by atoms with van der Waals surface area (Å²) in [5, 5.41) is 7.76. The van der Waals surface area contributed by atoms with Crippen molar-refractivity contribution in [1.82, 2.24) is 19.4 Å². The molecule has 0 bridgehead atoms. The lowest BCUT2D eigenvalue weighted by molar-refractivity contribution is 0.153. The van der Waals surface area contributed by atoms with Crippen molar-refractivity contribution in [2.24, 2.45) is 0 Å². The molecule has 3 heterocycles. The van der Waals surface area contributed by atoms with Crippen molar-refractivity contribution in [3.8, 4) is 11.7 Å². The Labute approximate surface area is 147 Å². The van der Waals surface area contributed by atoms with Crippen molar-refractivity contribution in [3.63, 3.8) is 0 Å². The first-order chi connectivity index (χ1) is 11.8. The maximum absolute atomic E-state index is 12.8. The Hall–Kier alpha value is -1.71. The van der Waals surface area contributed by atoms with Crippen LogP contribution in [-0.2, 0) is 10.0 Å². The van der Waals surface area contributed by atoms with Gasteiger partial charge in [-0.25, -0.2) is 8.42 Å². The van der Waals surface area contributed by atoms with Gasteiger partial charge in [0.25, 0.3) is 15.9 Å². The van der Waals surface area contributed by atoms with Crippen LogP contribution in [0.5, 0.6) is 0 Å². The molecule has 2 aromatic heterocycles. The van der Waals surface area contributed by atoms with Gasteiger partial charge in [-0.05, 0) is 26.0 Å². The molecule has 0 amide bonds. The van der Waals surface area contributed by atoms with Crippen LogP contribution in [0.2, 0.25) is 0 Å². The summed E-state index contributed by atoms with van der Waals surface area (Å²) in [7, 11) is -3.66. The summed E-state index contributed by atoms with van der Waals surface area (Å²) in [4.78, 5) is 2.26. The number of furan rings is 1. The van der Waals surface area contributed by atoms with Crippen LogP contribution in [0.3, 0.4) is 0 Å². The van der Waals surface area contributed by atoms with Crippen molar-refractivity contribution in [2.75, 3.05) is 26.2 Å². The highest BCUT2D eigenvalue weighted by Gasteiger charge is 2.32. The quantitative estimate of drug-likeness (QED) is 0.798. The van der Waals surface area contributed by atoms with Crippen LogP contribution >= 0.6 is 0 Å². The molecule has 8 nitrogen and oxygen atoms in total. The Kier molecular flexibility index (Phi) is 4.99. The summed E-state index contributed by atoms with van der Waals surface area (Å²) in [6.07, 6.45) is 0. The molecule has 1 fully saturated rings. The lowest BCUT2D eigenvalue weighted by Crippen LogP contribution is -2.50. The van der Waals surface area contributed by atoms with Gasteiger partial charge in [0, 0.05) is 38.1 Å². The van der Waals surface area contributed by atoms with Gasteiger partial charge in [0.1, 0.15) is 0 Å². The van der Waals surface area contributed by atoms with Gasteiger partial charge in [-0.1, -0.05) is 13.8 Å². The summed E-state index contributed by atoms with van der Waals surface area (Å²) >= 11 is 0. The van der Waals surface area contributed by atoms with Crippen molar-refractivity contribution < 1.29 is 17.3 Å². The lowest BCUT2D eigenvalue weighted by atomic mass is 10.2. The number of sulfonamides is 1. The van der Waals surface area contributed by atoms with Gasteiger partial charge in [0.05, 0.1) is 0 Å². The van der Waals surface area contributed by atoms with Crippen LogP contribution in [0.1, 0.15) is 39.5 Å². The van der Waals surface area contributed by atoms with Crippen LogP contribution in [0.25, 0.3) is 11.7 Å². The van der Waals surface area contributed by atoms with Gasteiger partial charge in [-0.15, -0.1) is 10.2 Å². The van der Waals surface area contributed by atoms with E-state index in [9.17, 15) is 8.42 Å². The fraction of sp³-hybridized carbons (Fsp3) is 0.625. The van der Waals surface area contributed by atoms with E-state index in [0.29, 0.717) is 38.1 Å². The molecule has 2 aromatic rings. The third-order valence-electron chi connectivity index (χ3n) is 4.32. The van der Waals surface area contributed by atoms with Crippen molar-refractivity contribution in [3.05, 3.63) is 18.0 Å². The van der Waals surface area contributed by atoms with E-state index in [-0.39, 0.29) is 22.7 Å². The third kappa shape index (κ3) is 3.63. The Bertz CT molecular complexity index is 817. The van der Waals surface area contributed by atoms with E-state index in [1.165, 1.54) is 10.4 Å². The molecule has 0 atom stereocenters. The predicted molar refractivity (Wildman–Crippen MR) is 91.6 cm³/mol. The average molecular weight is 368 g/mol. The molecule has 9 heteroatoms. The first-order valence-corrected chi connectivity index (χ1v) is 9.91. The summed E-state index contributed by atoms with van der Waals surface area (Å²) in [5.41, 5.74) is 0. The molecule has 3 rings (SSSR count). The number of piperazine rings is 1. The molecule has 138 valence electrons. The molecule has 0 aromatic carbocycles. The zero-order chi connectivity index (χ0) is 18.2. The van der Waals surface area contributed by atoms with E-state index in [1.54, 1.807) is 6.07 Å². The number of hydrogen-bond donors (Lipinski definition) is 0. The molecule has 0 aliphatic carbocycles. The van der Waals surface area contributed by atoms with E-state index in [4.69, 9.17) is 8.83 Å². The second-order valence-electron chi connectivity index (χ2n) is 6.75. The third-order valence-corrected chi connectivity index (χ3v) is 6.10. The molecular weight excluding hydrogens is 344 g/mol. The van der Waals surface area contributed by atoms with Gasteiger partial charge >= 0.3 is 0 Å². The van der Waals surface area contributed by atoms with Crippen LogP contribution in [0.4, 0.5) is 0 Å². The zero-order valence-electron chi connectivity index (χ0n) is 15.0. The maximum atomic E-state index is 12.8. The molecule has 1 saturated heterocycles. The monoisotopic (exact) mass is 368 g/mol. The van der Waals surface area contributed by atoms with Crippen LogP contribution < -0.4 is 0 Å². The topological polar surface area (TPSA) is 92.7 Å². The number of hydrogen-bond acceptors (Lipinski definition) is 7. The van der Waals surface area contributed by atoms with Crippen molar-refractivity contribution >= 4 is 10.0 Å². The second kappa shape index (κ2) is 6.89. The Morgan fingerprint density at radius 3 is 2.24 bits per heavy atom. The molecule has 0 unspecified atom stereocenters. The van der Waals surface area contributed by atoms with E-state index < -0.39 is 10.0 Å². The highest BCUT2D eigenvalue weighted by Crippen LogP contribution is 2.27. The Morgan fingerprint density at radius 2 is 1.68 bits per heavy atom. The average Bonchev–Trinajstić information content (AvgIpc) is 3.24. The Morgan fingerprint density at radius 1 is 1.00 bits per heavy atom. The minimum absolute atomic E-state index is 0.0928. The van der Waals surface area contributed by atoms with Crippen LogP contribution in [0.15, 0.2) is 26.1 Å². The van der Waals surface area contributed by atoms with Crippen LogP contribution in [0, 0.1) is 0 Å². The Balaban J connectivity index is 1.76. The molecule has 0 radical (unpaired) electrons. The molecule has 0 spiro atoms. The maximum Gasteiger partial charge on any atom is 0.283 e. The molecular formula is C16H24N4O4S. The zero-order valence-corrected chi connectivity index (χ0v) is 15.8. The normalized spacial score (nSPS) is 17.7. The van der Waals surface area contributed by atoms with Crippen molar-refractivity contribution in [1.29, 1.82) is 0 Å². The summed E-state index contributed by atoms with van der Waals surface area (Å²) in [6.45, 7) is 10.4. The van der Waals surface area contributed by atoms with Gasteiger partial charge in [-0.3, -0.25) is 4.90 Å². The smallest absolute Gasteiger partial charge is 0.283 e. The first-order valence-electron chi connectivity index (χ1n) is 8.47. The number of aromatic nitrogens is 2. The molecule has 25 heavy (non-hydrogen) atoms. The fourth-order valence-corrected chi connectivity index (χ4v) is 4.06. The van der Waals surface area contributed by atoms with Crippen molar-refractivity contribution in [2.45, 2.75) is 44.7 Å². The predicted octanol–water partition coefficient (Wildman–Crippen LogP) is 2.17. The molecule has 1 aliphatic heterocycles. The fourth-order valence-electron chi connectivity index (χ4n) is 2.73. The SMILES string of the molecule is CC(C)c1nnc(-c2ccc(S(=O)(=O)N3CCN(C(C)C)CC3)o2)o1. The molecule has 1 aliphatic rings. The van der Waals surface area contributed by atoms with Gasteiger partial charge in [0.15, 0.2) is 5.76 Å². The summed E-state index contributed by atoms with van der Waals surface area (Å²) < 4.78 is 38.0.